The van der Waals surface area contributed by atoms with E-state index in [1.807, 2.05) is 12.1 Å². The van der Waals surface area contributed by atoms with Crippen molar-refractivity contribution in [2.45, 2.75) is 19.9 Å². The van der Waals surface area contributed by atoms with Gasteiger partial charge in [-0.05, 0) is 44.2 Å². The molecular formula is C18H18N4O4. The van der Waals surface area contributed by atoms with Crippen molar-refractivity contribution >= 4 is 11.7 Å². The third-order valence-electron chi connectivity index (χ3n) is 3.84. The number of nitrogens with zero attached hydrogens (tertiary/aromatic N) is 3. The van der Waals surface area contributed by atoms with Crippen molar-refractivity contribution in [2.24, 2.45) is 0 Å². The number of hydrogen-bond acceptors (Lipinski definition) is 6. The molecule has 0 aliphatic carbocycles. The van der Waals surface area contributed by atoms with Gasteiger partial charge in [-0.3, -0.25) is 9.59 Å². The fraction of sp³-hybridized carbons (Fsp3) is 0.222. The number of aromatic nitrogens is 3. The molecule has 134 valence electrons. The first-order chi connectivity index (χ1) is 12.5. The van der Waals surface area contributed by atoms with Gasteiger partial charge >= 0.3 is 0 Å². The molecule has 1 N–H and O–H groups in total. The highest BCUT2D eigenvalue weighted by Gasteiger charge is 2.19. The number of hydrogen-bond donors (Lipinski definition) is 1. The Morgan fingerprint density at radius 1 is 1.23 bits per heavy atom. The molecule has 1 amide bonds. The molecule has 0 aliphatic heterocycles. The molecule has 0 fully saturated rings. The molecule has 3 aromatic rings. The van der Waals surface area contributed by atoms with Crippen LogP contribution in [0, 0.1) is 6.92 Å². The molecule has 0 unspecified atom stereocenters. The van der Waals surface area contributed by atoms with Crippen molar-refractivity contribution in [3.8, 4) is 17.0 Å². The van der Waals surface area contributed by atoms with Crippen molar-refractivity contribution in [3.05, 3.63) is 58.6 Å². The van der Waals surface area contributed by atoms with E-state index in [-0.39, 0.29) is 5.56 Å². The highest BCUT2D eigenvalue weighted by molar-refractivity contribution is 5.92. The number of rotatable bonds is 5. The Kier molecular flexibility index (Phi) is 4.83. The van der Waals surface area contributed by atoms with Gasteiger partial charge in [0.05, 0.1) is 12.8 Å². The second kappa shape index (κ2) is 7.22. The number of benzene rings is 1. The summed E-state index contributed by atoms with van der Waals surface area (Å²) in [5.74, 6) is 1.17. The maximum atomic E-state index is 12.4. The van der Waals surface area contributed by atoms with E-state index in [2.05, 4.69) is 15.6 Å². The Hall–Kier alpha value is -3.42. The molecule has 0 radical (unpaired) electrons. The fourth-order valence-electron chi connectivity index (χ4n) is 2.39. The first-order valence-corrected chi connectivity index (χ1v) is 7.96. The SMILES string of the molecule is COc1ccc(-c2ccc(=O)n([C@H](C)C(=O)Nc3cc(C)on3)n2)cc1. The Bertz CT molecular complexity index is 975. The summed E-state index contributed by atoms with van der Waals surface area (Å²) in [4.78, 5) is 24.6. The molecule has 0 aliphatic rings. The van der Waals surface area contributed by atoms with Crippen molar-refractivity contribution < 1.29 is 14.1 Å². The smallest absolute Gasteiger partial charge is 0.267 e. The van der Waals surface area contributed by atoms with E-state index < -0.39 is 11.9 Å². The molecule has 0 bridgehead atoms. The van der Waals surface area contributed by atoms with Gasteiger partial charge in [0.15, 0.2) is 5.82 Å². The number of ether oxygens (including phenoxy) is 1. The van der Waals surface area contributed by atoms with Crippen LogP contribution in [0.15, 0.2) is 51.8 Å². The third kappa shape index (κ3) is 3.64. The highest BCUT2D eigenvalue weighted by Crippen LogP contribution is 2.20. The lowest BCUT2D eigenvalue weighted by molar-refractivity contribution is -0.119. The predicted octanol–water partition coefficient (Wildman–Crippen LogP) is 2.42. The number of aryl methyl sites for hydroxylation is 1. The molecular weight excluding hydrogens is 336 g/mol. The number of anilines is 1. The minimum absolute atomic E-state index is 0.290. The summed E-state index contributed by atoms with van der Waals surface area (Å²) in [5.41, 5.74) is 1.00. The van der Waals surface area contributed by atoms with Crippen LogP contribution < -0.4 is 15.6 Å². The number of nitrogens with one attached hydrogen (secondary N) is 1. The minimum Gasteiger partial charge on any atom is -0.497 e. The van der Waals surface area contributed by atoms with Crippen LogP contribution in [0.5, 0.6) is 5.75 Å². The summed E-state index contributed by atoms with van der Waals surface area (Å²) < 4.78 is 11.2. The zero-order valence-electron chi connectivity index (χ0n) is 14.6. The zero-order chi connectivity index (χ0) is 18.7. The monoisotopic (exact) mass is 354 g/mol. The molecule has 2 heterocycles. The average Bonchev–Trinajstić information content (AvgIpc) is 3.06. The lowest BCUT2D eigenvalue weighted by atomic mass is 10.1. The summed E-state index contributed by atoms with van der Waals surface area (Å²) in [5, 5.41) is 10.6. The molecule has 1 atom stereocenters. The third-order valence-corrected chi connectivity index (χ3v) is 3.84. The van der Waals surface area contributed by atoms with Crippen LogP contribution in [0.4, 0.5) is 5.82 Å². The van der Waals surface area contributed by atoms with Crippen molar-refractivity contribution in [1.29, 1.82) is 0 Å². The summed E-state index contributed by atoms with van der Waals surface area (Å²) >= 11 is 0. The van der Waals surface area contributed by atoms with Crippen molar-refractivity contribution in [2.75, 3.05) is 12.4 Å². The minimum atomic E-state index is -0.822. The van der Waals surface area contributed by atoms with E-state index in [0.717, 1.165) is 16.0 Å². The van der Waals surface area contributed by atoms with Crippen LogP contribution in [0.1, 0.15) is 18.7 Å². The van der Waals surface area contributed by atoms with Gasteiger partial charge in [-0.25, -0.2) is 4.68 Å². The Morgan fingerprint density at radius 3 is 2.58 bits per heavy atom. The number of methoxy groups -OCH3 is 1. The summed E-state index contributed by atoms with van der Waals surface area (Å²) in [6.45, 7) is 3.31. The van der Waals surface area contributed by atoms with E-state index in [4.69, 9.17) is 9.26 Å². The Labute approximate surface area is 149 Å². The summed E-state index contributed by atoms with van der Waals surface area (Å²) in [6, 6.07) is 11.0. The molecule has 0 saturated heterocycles. The molecule has 8 nitrogen and oxygen atoms in total. The van der Waals surface area contributed by atoms with Gasteiger partial charge in [0.2, 0.25) is 5.91 Å². The Balaban J connectivity index is 1.86. The molecule has 0 saturated carbocycles. The summed E-state index contributed by atoms with van der Waals surface area (Å²) in [6.07, 6.45) is 0. The molecule has 1 aromatic carbocycles. The van der Waals surface area contributed by atoms with Gasteiger partial charge in [-0.2, -0.15) is 5.10 Å². The topological polar surface area (TPSA) is 99.2 Å². The highest BCUT2D eigenvalue weighted by atomic mass is 16.5. The maximum Gasteiger partial charge on any atom is 0.267 e. The van der Waals surface area contributed by atoms with Crippen LogP contribution in [0.3, 0.4) is 0 Å². The van der Waals surface area contributed by atoms with Crippen LogP contribution in [0.2, 0.25) is 0 Å². The van der Waals surface area contributed by atoms with E-state index in [9.17, 15) is 9.59 Å². The summed E-state index contributed by atoms with van der Waals surface area (Å²) in [7, 11) is 1.59. The lowest BCUT2D eigenvalue weighted by Crippen LogP contribution is -2.33. The van der Waals surface area contributed by atoms with Crippen LogP contribution in [-0.4, -0.2) is 28.0 Å². The predicted molar refractivity (Wildman–Crippen MR) is 95.1 cm³/mol. The Morgan fingerprint density at radius 2 is 1.96 bits per heavy atom. The van der Waals surface area contributed by atoms with Crippen LogP contribution >= 0.6 is 0 Å². The second-order valence-electron chi connectivity index (χ2n) is 5.72. The van der Waals surface area contributed by atoms with E-state index in [1.54, 1.807) is 45.2 Å². The van der Waals surface area contributed by atoms with Gasteiger partial charge in [0.1, 0.15) is 17.6 Å². The molecule has 26 heavy (non-hydrogen) atoms. The van der Waals surface area contributed by atoms with Gasteiger partial charge < -0.3 is 14.6 Å². The molecule has 2 aromatic heterocycles. The van der Waals surface area contributed by atoms with Gasteiger partial charge in [-0.15, -0.1) is 0 Å². The van der Waals surface area contributed by atoms with Crippen molar-refractivity contribution in [1.82, 2.24) is 14.9 Å². The van der Waals surface area contributed by atoms with Crippen LogP contribution in [0.25, 0.3) is 11.3 Å². The molecule has 3 rings (SSSR count). The number of amides is 1. The molecule has 0 spiro atoms. The average molecular weight is 354 g/mol. The zero-order valence-corrected chi connectivity index (χ0v) is 14.6. The van der Waals surface area contributed by atoms with Crippen LogP contribution in [-0.2, 0) is 4.79 Å². The number of carbonyl (C=O) groups excluding carboxylic acids is 1. The standard InChI is InChI=1S/C18H18N4O4/c1-11-10-16(21-26-11)19-18(24)12(2)22-17(23)9-8-15(20-22)13-4-6-14(25-3)7-5-13/h4-10,12H,1-3H3,(H,19,21,24)/t12-/m1/s1. The van der Waals surface area contributed by atoms with Crippen molar-refractivity contribution in [3.63, 3.8) is 0 Å². The first kappa shape index (κ1) is 17.4. The normalized spacial score (nSPS) is 11.8. The lowest BCUT2D eigenvalue weighted by Gasteiger charge is -2.14. The number of carbonyl (C=O) groups is 1. The first-order valence-electron chi connectivity index (χ1n) is 7.96. The van der Waals surface area contributed by atoms with E-state index >= 15 is 0 Å². The largest absolute Gasteiger partial charge is 0.497 e. The second-order valence-corrected chi connectivity index (χ2v) is 5.72. The molecule has 8 heteroatoms. The van der Waals surface area contributed by atoms with Gasteiger partial charge in [0.25, 0.3) is 5.56 Å². The van der Waals surface area contributed by atoms with Gasteiger partial charge in [-0.1, -0.05) is 5.16 Å². The quantitative estimate of drug-likeness (QED) is 0.755. The maximum absolute atomic E-state index is 12.4. The fourth-order valence-corrected chi connectivity index (χ4v) is 2.39. The van der Waals surface area contributed by atoms with Gasteiger partial charge in [0, 0.05) is 17.7 Å². The van der Waals surface area contributed by atoms with E-state index in [1.165, 1.54) is 6.07 Å². The van der Waals surface area contributed by atoms with E-state index in [0.29, 0.717) is 17.3 Å².